The largest absolute Gasteiger partial charge is 0.373 e. The molecule has 0 bridgehead atoms. The molecule has 1 atom stereocenters. The van der Waals surface area contributed by atoms with Crippen molar-refractivity contribution in [3.63, 3.8) is 0 Å². The van der Waals surface area contributed by atoms with Gasteiger partial charge in [0.15, 0.2) is 0 Å². The number of ether oxygens (including phenoxy) is 1. The number of halogens is 2. The third kappa shape index (κ3) is 3.18. The Balaban J connectivity index is 2.73. The van der Waals surface area contributed by atoms with Crippen molar-refractivity contribution in [1.82, 2.24) is 0 Å². The van der Waals surface area contributed by atoms with Crippen molar-refractivity contribution < 1.29 is 4.74 Å². The fraction of sp³-hybridized carbons (Fsp3) is 0.400. The SMILES string of the molecule is CCOC(CCl)c1ccc(Cl)cc1. The van der Waals surface area contributed by atoms with Crippen LogP contribution in [0.3, 0.4) is 0 Å². The van der Waals surface area contributed by atoms with Gasteiger partial charge in [-0.25, -0.2) is 0 Å². The van der Waals surface area contributed by atoms with Crippen molar-refractivity contribution in [2.45, 2.75) is 13.0 Å². The van der Waals surface area contributed by atoms with Gasteiger partial charge in [-0.2, -0.15) is 0 Å². The van der Waals surface area contributed by atoms with Crippen molar-refractivity contribution in [3.05, 3.63) is 34.9 Å². The first-order chi connectivity index (χ1) is 6.27. The molecule has 0 aliphatic carbocycles. The van der Waals surface area contributed by atoms with E-state index < -0.39 is 0 Å². The molecule has 0 N–H and O–H groups in total. The quantitative estimate of drug-likeness (QED) is 0.702. The van der Waals surface area contributed by atoms with Crippen molar-refractivity contribution >= 4 is 23.2 Å². The fourth-order valence-corrected chi connectivity index (χ4v) is 1.50. The third-order valence-corrected chi connectivity index (χ3v) is 2.28. The first-order valence-corrected chi connectivity index (χ1v) is 5.12. The van der Waals surface area contributed by atoms with Gasteiger partial charge in [0.1, 0.15) is 0 Å². The molecule has 0 radical (unpaired) electrons. The van der Waals surface area contributed by atoms with Gasteiger partial charge in [0.25, 0.3) is 0 Å². The van der Waals surface area contributed by atoms with E-state index in [-0.39, 0.29) is 6.10 Å². The number of alkyl halides is 1. The molecule has 0 aliphatic heterocycles. The zero-order valence-corrected chi connectivity index (χ0v) is 8.98. The minimum absolute atomic E-state index is 0.0241. The Bertz CT molecular complexity index is 246. The molecule has 0 spiro atoms. The fourth-order valence-electron chi connectivity index (χ4n) is 1.11. The molecule has 0 saturated carbocycles. The molecule has 0 fully saturated rings. The predicted octanol–water partition coefficient (Wildman–Crippen LogP) is 3.66. The molecular formula is C10H12Cl2O. The van der Waals surface area contributed by atoms with E-state index in [1.165, 1.54) is 0 Å². The Labute approximate surface area is 88.6 Å². The Kier molecular flexibility index (Phi) is 4.57. The number of rotatable bonds is 4. The monoisotopic (exact) mass is 218 g/mol. The van der Waals surface area contributed by atoms with Crippen LogP contribution in [0.25, 0.3) is 0 Å². The second kappa shape index (κ2) is 5.48. The Morgan fingerprint density at radius 2 is 1.92 bits per heavy atom. The van der Waals surface area contributed by atoms with E-state index in [2.05, 4.69) is 0 Å². The minimum Gasteiger partial charge on any atom is -0.373 e. The van der Waals surface area contributed by atoms with Crippen LogP contribution in [0.4, 0.5) is 0 Å². The van der Waals surface area contributed by atoms with E-state index >= 15 is 0 Å². The molecule has 3 heteroatoms. The lowest BCUT2D eigenvalue weighted by Crippen LogP contribution is -2.05. The van der Waals surface area contributed by atoms with Crippen LogP contribution in [0.2, 0.25) is 5.02 Å². The zero-order valence-electron chi connectivity index (χ0n) is 7.47. The van der Waals surface area contributed by atoms with E-state index in [0.29, 0.717) is 12.5 Å². The van der Waals surface area contributed by atoms with Crippen molar-refractivity contribution in [2.75, 3.05) is 12.5 Å². The summed E-state index contributed by atoms with van der Waals surface area (Å²) >= 11 is 11.5. The summed E-state index contributed by atoms with van der Waals surface area (Å²) in [7, 11) is 0. The lowest BCUT2D eigenvalue weighted by atomic mass is 10.1. The van der Waals surface area contributed by atoms with Gasteiger partial charge in [-0.15, -0.1) is 11.6 Å². The molecule has 0 aromatic heterocycles. The second-order valence-electron chi connectivity index (χ2n) is 2.65. The highest BCUT2D eigenvalue weighted by molar-refractivity contribution is 6.30. The summed E-state index contributed by atoms with van der Waals surface area (Å²) in [6.07, 6.45) is -0.0241. The van der Waals surface area contributed by atoms with Crippen LogP contribution >= 0.6 is 23.2 Å². The first-order valence-electron chi connectivity index (χ1n) is 4.21. The topological polar surface area (TPSA) is 9.23 Å². The molecule has 1 nitrogen and oxygen atoms in total. The van der Waals surface area contributed by atoms with Gasteiger partial charge in [-0.1, -0.05) is 23.7 Å². The highest BCUT2D eigenvalue weighted by Crippen LogP contribution is 2.20. The van der Waals surface area contributed by atoms with Crippen LogP contribution in [0.5, 0.6) is 0 Å². The summed E-state index contributed by atoms with van der Waals surface area (Å²) in [6.45, 7) is 2.62. The zero-order chi connectivity index (χ0) is 9.68. The van der Waals surface area contributed by atoms with Crippen molar-refractivity contribution in [3.8, 4) is 0 Å². The summed E-state index contributed by atoms with van der Waals surface area (Å²) in [5.41, 5.74) is 1.07. The number of hydrogen-bond acceptors (Lipinski definition) is 1. The molecule has 1 unspecified atom stereocenters. The van der Waals surface area contributed by atoms with Crippen LogP contribution < -0.4 is 0 Å². The molecule has 1 rings (SSSR count). The molecule has 0 heterocycles. The molecule has 0 saturated heterocycles. The summed E-state index contributed by atoms with van der Waals surface area (Å²) in [4.78, 5) is 0. The normalized spacial score (nSPS) is 12.8. The Morgan fingerprint density at radius 1 is 1.31 bits per heavy atom. The summed E-state index contributed by atoms with van der Waals surface area (Å²) in [6, 6.07) is 7.56. The standard InChI is InChI=1S/C10H12Cl2O/c1-2-13-10(7-11)8-3-5-9(12)6-4-8/h3-6,10H,2,7H2,1H3. The molecule has 1 aromatic carbocycles. The summed E-state index contributed by atoms with van der Waals surface area (Å²) < 4.78 is 5.44. The van der Waals surface area contributed by atoms with E-state index in [9.17, 15) is 0 Å². The average molecular weight is 219 g/mol. The van der Waals surface area contributed by atoms with Crippen LogP contribution in [-0.4, -0.2) is 12.5 Å². The van der Waals surface area contributed by atoms with E-state index in [4.69, 9.17) is 27.9 Å². The Morgan fingerprint density at radius 3 is 2.38 bits per heavy atom. The van der Waals surface area contributed by atoms with Gasteiger partial charge in [0, 0.05) is 11.6 Å². The smallest absolute Gasteiger partial charge is 0.0960 e. The molecule has 72 valence electrons. The first kappa shape index (κ1) is 10.8. The Hall–Kier alpha value is -0.240. The van der Waals surface area contributed by atoms with Crippen molar-refractivity contribution in [1.29, 1.82) is 0 Å². The van der Waals surface area contributed by atoms with E-state index in [1.807, 2.05) is 31.2 Å². The second-order valence-corrected chi connectivity index (χ2v) is 3.39. The highest BCUT2D eigenvalue weighted by atomic mass is 35.5. The molecular weight excluding hydrogens is 207 g/mol. The van der Waals surface area contributed by atoms with Gasteiger partial charge in [-0.05, 0) is 24.6 Å². The maximum atomic E-state index is 5.76. The average Bonchev–Trinajstić information content (AvgIpc) is 2.16. The van der Waals surface area contributed by atoms with Crippen LogP contribution in [0.1, 0.15) is 18.6 Å². The van der Waals surface area contributed by atoms with Crippen LogP contribution in [0.15, 0.2) is 24.3 Å². The van der Waals surface area contributed by atoms with Gasteiger partial charge in [-0.3, -0.25) is 0 Å². The summed E-state index contributed by atoms with van der Waals surface area (Å²) in [5.74, 6) is 0.468. The lowest BCUT2D eigenvalue weighted by Gasteiger charge is -2.13. The lowest BCUT2D eigenvalue weighted by molar-refractivity contribution is 0.0788. The van der Waals surface area contributed by atoms with Crippen LogP contribution in [-0.2, 0) is 4.74 Å². The van der Waals surface area contributed by atoms with Crippen molar-refractivity contribution in [2.24, 2.45) is 0 Å². The third-order valence-electron chi connectivity index (χ3n) is 1.75. The maximum Gasteiger partial charge on any atom is 0.0960 e. The van der Waals surface area contributed by atoms with Crippen LogP contribution in [0, 0.1) is 0 Å². The molecule has 13 heavy (non-hydrogen) atoms. The molecule has 0 amide bonds. The van der Waals surface area contributed by atoms with E-state index in [1.54, 1.807) is 0 Å². The minimum atomic E-state index is -0.0241. The number of hydrogen-bond donors (Lipinski definition) is 0. The maximum absolute atomic E-state index is 5.76. The molecule has 1 aromatic rings. The van der Waals surface area contributed by atoms with Gasteiger partial charge in [0.2, 0.25) is 0 Å². The summed E-state index contributed by atoms with van der Waals surface area (Å²) in [5, 5.41) is 0.730. The highest BCUT2D eigenvalue weighted by Gasteiger charge is 2.08. The van der Waals surface area contributed by atoms with E-state index in [0.717, 1.165) is 10.6 Å². The molecule has 0 aliphatic rings. The van der Waals surface area contributed by atoms with Gasteiger partial charge in [0.05, 0.1) is 12.0 Å². The van der Waals surface area contributed by atoms with Gasteiger partial charge >= 0.3 is 0 Å². The van der Waals surface area contributed by atoms with Gasteiger partial charge < -0.3 is 4.74 Å². The number of benzene rings is 1. The predicted molar refractivity (Wildman–Crippen MR) is 56.5 cm³/mol.